The Balaban J connectivity index is 2.85. The standard InChI is InChI=1S/C22H39N3O6SSe/c1-8-14(2)17(20(28)33-24-15(11-13-32-7)19(27)30-6)23-18(26)16-10-9-12-25(16)21(29)31-22(3,4)5/h14-17,24H,8-13H2,1-7H3,(H,23,26)/t14-,15-,16-,17-/m0/s1. The fourth-order valence-corrected chi connectivity index (χ4v) is 5.63. The van der Waals surface area contributed by atoms with Crippen LogP contribution in [0.1, 0.15) is 60.3 Å². The van der Waals surface area contributed by atoms with Crippen LogP contribution in [0.5, 0.6) is 0 Å². The summed E-state index contributed by atoms with van der Waals surface area (Å²) in [5, 5.41) is 2.88. The molecule has 0 aromatic rings. The molecule has 11 heteroatoms. The number of carbonyl (C=O) groups is 4. The number of likely N-dealkylation sites (tertiary alicyclic amines) is 1. The van der Waals surface area contributed by atoms with Crippen molar-refractivity contribution in [1.82, 2.24) is 14.5 Å². The van der Waals surface area contributed by atoms with Crippen molar-refractivity contribution in [2.45, 2.75) is 84.0 Å². The summed E-state index contributed by atoms with van der Waals surface area (Å²) in [5.41, 5.74) is -0.656. The maximum absolute atomic E-state index is 13.1. The fourth-order valence-electron chi connectivity index (χ4n) is 3.29. The Morgan fingerprint density at radius 1 is 1.24 bits per heavy atom. The van der Waals surface area contributed by atoms with Gasteiger partial charge in [-0.15, -0.1) is 0 Å². The number of amides is 2. The van der Waals surface area contributed by atoms with Gasteiger partial charge in [-0.25, -0.2) is 0 Å². The van der Waals surface area contributed by atoms with E-state index < -0.39 is 51.0 Å². The maximum atomic E-state index is 13.1. The number of methoxy groups -OCH3 is 1. The molecule has 1 saturated heterocycles. The minimum atomic E-state index is -0.723. The Morgan fingerprint density at radius 2 is 1.91 bits per heavy atom. The molecule has 33 heavy (non-hydrogen) atoms. The average Bonchev–Trinajstić information content (AvgIpc) is 3.25. The molecule has 1 aliphatic heterocycles. The third kappa shape index (κ3) is 9.84. The monoisotopic (exact) mass is 553 g/mol. The second kappa shape index (κ2) is 14.2. The summed E-state index contributed by atoms with van der Waals surface area (Å²) in [6, 6.07) is -1.92. The first-order valence-electron chi connectivity index (χ1n) is 11.3. The molecule has 0 aromatic carbocycles. The van der Waals surface area contributed by atoms with Crippen molar-refractivity contribution in [3.05, 3.63) is 0 Å². The molecule has 2 amide bonds. The van der Waals surface area contributed by atoms with Gasteiger partial charge in [0.1, 0.15) is 0 Å². The fraction of sp³-hybridized carbons (Fsp3) is 0.818. The average molecular weight is 553 g/mol. The number of hydrogen-bond donors (Lipinski definition) is 2. The van der Waals surface area contributed by atoms with Crippen molar-refractivity contribution >= 4 is 49.6 Å². The molecule has 0 bridgehead atoms. The van der Waals surface area contributed by atoms with Gasteiger partial charge in [0, 0.05) is 0 Å². The van der Waals surface area contributed by atoms with Crippen LogP contribution in [0.2, 0.25) is 0 Å². The summed E-state index contributed by atoms with van der Waals surface area (Å²) in [7, 11) is 1.32. The zero-order valence-electron chi connectivity index (χ0n) is 20.8. The van der Waals surface area contributed by atoms with Crippen molar-refractivity contribution < 1.29 is 28.7 Å². The van der Waals surface area contributed by atoms with Crippen LogP contribution in [0.3, 0.4) is 0 Å². The van der Waals surface area contributed by atoms with Crippen molar-refractivity contribution in [3.8, 4) is 0 Å². The SMILES string of the molecule is CC[C@H](C)[C@H](NC(=O)[C@@H]1CCCN1C(=O)OC(C)(C)C)C(=O)[Se]N[C@@H](CCSC)C(=O)OC. The predicted octanol–water partition coefficient (Wildman–Crippen LogP) is 1.95. The summed E-state index contributed by atoms with van der Waals surface area (Å²) in [6.45, 7) is 9.65. The Morgan fingerprint density at radius 3 is 2.45 bits per heavy atom. The van der Waals surface area contributed by atoms with Gasteiger partial charge in [-0.05, 0) is 0 Å². The number of nitrogens with zero attached hydrogens (tertiary/aromatic N) is 1. The molecule has 0 aliphatic carbocycles. The van der Waals surface area contributed by atoms with Crippen LogP contribution in [0.4, 0.5) is 4.79 Å². The molecule has 0 spiro atoms. The van der Waals surface area contributed by atoms with E-state index in [9.17, 15) is 19.2 Å². The van der Waals surface area contributed by atoms with Crippen molar-refractivity contribution in [2.75, 3.05) is 25.7 Å². The second-order valence-corrected chi connectivity index (χ2v) is 11.9. The quantitative estimate of drug-likeness (QED) is 0.279. The molecule has 4 atom stereocenters. The van der Waals surface area contributed by atoms with Gasteiger partial charge in [-0.1, -0.05) is 0 Å². The number of rotatable bonds is 12. The van der Waals surface area contributed by atoms with Crippen LogP contribution in [0.15, 0.2) is 0 Å². The van der Waals surface area contributed by atoms with Crippen molar-refractivity contribution in [1.29, 1.82) is 0 Å². The van der Waals surface area contributed by atoms with E-state index in [4.69, 9.17) is 9.47 Å². The topological polar surface area (TPSA) is 114 Å². The first-order valence-corrected chi connectivity index (χ1v) is 14.4. The third-order valence-electron chi connectivity index (χ3n) is 5.35. The van der Waals surface area contributed by atoms with Crippen LogP contribution in [0, 0.1) is 5.92 Å². The van der Waals surface area contributed by atoms with E-state index in [2.05, 4.69) is 9.65 Å². The first-order chi connectivity index (χ1) is 15.4. The van der Waals surface area contributed by atoms with E-state index in [-0.39, 0.29) is 16.5 Å². The normalized spacial score (nSPS) is 18.9. The third-order valence-corrected chi connectivity index (χ3v) is 7.79. The zero-order chi connectivity index (χ0) is 25.2. The Bertz CT molecular complexity index is 688. The van der Waals surface area contributed by atoms with Crippen molar-refractivity contribution in [3.63, 3.8) is 0 Å². The minimum absolute atomic E-state index is 0.0933. The van der Waals surface area contributed by atoms with Gasteiger partial charge in [0.2, 0.25) is 0 Å². The molecule has 2 N–H and O–H groups in total. The first kappa shape index (κ1) is 29.7. The molecule has 0 radical (unpaired) electrons. The predicted molar refractivity (Wildman–Crippen MR) is 130 cm³/mol. The number of hydrogen-bond acceptors (Lipinski definition) is 8. The van der Waals surface area contributed by atoms with Gasteiger partial charge in [0.25, 0.3) is 0 Å². The van der Waals surface area contributed by atoms with Gasteiger partial charge in [-0.3, -0.25) is 0 Å². The molecule has 0 aromatic heterocycles. The summed E-state index contributed by atoms with van der Waals surface area (Å²) in [6.07, 6.45) is 3.89. The van der Waals surface area contributed by atoms with Gasteiger partial charge in [-0.2, -0.15) is 0 Å². The van der Waals surface area contributed by atoms with E-state index >= 15 is 0 Å². The molecule has 1 aliphatic rings. The molecular formula is C22H39N3O6SSe. The van der Waals surface area contributed by atoms with E-state index in [1.807, 2.05) is 20.1 Å². The van der Waals surface area contributed by atoms with Gasteiger partial charge < -0.3 is 0 Å². The molecule has 1 rings (SSSR count). The number of carbonyl (C=O) groups excluding carboxylic acids is 4. The van der Waals surface area contributed by atoms with Gasteiger partial charge >= 0.3 is 208 Å². The Labute approximate surface area is 208 Å². The van der Waals surface area contributed by atoms with Crippen LogP contribution in [0.25, 0.3) is 0 Å². The van der Waals surface area contributed by atoms with Crippen LogP contribution >= 0.6 is 11.8 Å². The van der Waals surface area contributed by atoms with Crippen LogP contribution in [-0.2, 0) is 23.9 Å². The zero-order valence-corrected chi connectivity index (χ0v) is 23.3. The second-order valence-electron chi connectivity index (χ2n) is 9.10. The van der Waals surface area contributed by atoms with E-state index in [0.717, 1.165) is 5.75 Å². The van der Waals surface area contributed by atoms with E-state index in [1.165, 1.54) is 12.0 Å². The summed E-state index contributed by atoms with van der Waals surface area (Å²) in [4.78, 5) is 52.2. The van der Waals surface area contributed by atoms with Crippen molar-refractivity contribution in [2.24, 2.45) is 5.92 Å². The Kier molecular flexibility index (Phi) is 12.8. The number of nitrogens with one attached hydrogen (secondary N) is 2. The number of thioether (sulfide) groups is 1. The van der Waals surface area contributed by atoms with E-state index in [0.29, 0.717) is 32.2 Å². The molecule has 1 fully saturated rings. The van der Waals surface area contributed by atoms with E-state index in [1.54, 1.807) is 32.5 Å². The van der Waals surface area contributed by atoms with Crippen LogP contribution in [-0.4, -0.2) is 92.1 Å². The summed E-state index contributed by atoms with van der Waals surface area (Å²) >= 11 is 0.887. The summed E-state index contributed by atoms with van der Waals surface area (Å²) < 4.78 is 13.2. The molecule has 0 saturated carbocycles. The summed E-state index contributed by atoms with van der Waals surface area (Å²) in [5.74, 6) is -0.0871. The molecular weight excluding hydrogens is 513 g/mol. The van der Waals surface area contributed by atoms with Crippen LogP contribution < -0.4 is 9.65 Å². The number of ether oxygens (including phenoxy) is 2. The molecule has 0 unspecified atom stereocenters. The Hall–Kier alpha value is -1.29. The molecule has 1 heterocycles. The van der Waals surface area contributed by atoms with Gasteiger partial charge in [0.05, 0.1) is 0 Å². The molecule has 190 valence electrons. The number of esters is 1. The molecule has 9 nitrogen and oxygen atoms in total. The van der Waals surface area contributed by atoms with Gasteiger partial charge in [0.15, 0.2) is 0 Å².